The number of pyridine rings is 1. The standard InChI is InChI=1S/C12H8ClF3N2S/c13-10-5-7(12(14,15)16)6-18-11(10)19-9-3-1-8(17)2-4-9/h1-6H,17H2. The average Bonchev–Trinajstić information content (AvgIpc) is 2.33. The molecule has 0 saturated carbocycles. The third-order valence-electron chi connectivity index (χ3n) is 2.23. The molecule has 0 radical (unpaired) electrons. The summed E-state index contributed by atoms with van der Waals surface area (Å²) < 4.78 is 37.4. The van der Waals surface area contributed by atoms with Crippen molar-refractivity contribution < 1.29 is 13.2 Å². The van der Waals surface area contributed by atoms with Crippen LogP contribution in [0.1, 0.15) is 5.56 Å². The van der Waals surface area contributed by atoms with Crippen LogP contribution >= 0.6 is 23.4 Å². The molecule has 0 spiro atoms. The molecule has 1 heterocycles. The molecule has 2 aromatic rings. The Morgan fingerprint density at radius 2 is 1.79 bits per heavy atom. The predicted molar refractivity (Wildman–Crippen MR) is 69.2 cm³/mol. The third-order valence-corrected chi connectivity index (χ3v) is 3.66. The van der Waals surface area contributed by atoms with Gasteiger partial charge in [-0.2, -0.15) is 13.2 Å². The minimum absolute atomic E-state index is 0.0309. The van der Waals surface area contributed by atoms with Crippen LogP contribution in [0.2, 0.25) is 5.02 Å². The normalized spacial score (nSPS) is 11.6. The van der Waals surface area contributed by atoms with Crippen molar-refractivity contribution in [2.24, 2.45) is 0 Å². The van der Waals surface area contributed by atoms with Gasteiger partial charge in [-0.05, 0) is 30.3 Å². The van der Waals surface area contributed by atoms with Gasteiger partial charge >= 0.3 is 6.18 Å². The van der Waals surface area contributed by atoms with Crippen molar-refractivity contribution >= 4 is 29.1 Å². The zero-order valence-electron chi connectivity index (χ0n) is 9.41. The van der Waals surface area contributed by atoms with Crippen LogP contribution in [0.25, 0.3) is 0 Å². The number of nitrogen functional groups attached to an aromatic ring is 1. The van der Waals surface area contributed by atoms with Gasteiger partial charge < -0.3 is 5.73 Å². The fraction of sp³-hybridized carbons (Fsp3) is 0.0833. The smallest absolute Gasteiger partial charge is 0.399 e. The van der Waals surface area contributed by atoms with Crippen molar-refractivity contribution in [3.8, 4) is 0 Å². The second-order valence-corrected chi connectivity index (χ2v) is 5.15. The van der Waals surface area contributed by atoms with Crippen molar-refractivity contribution in [1.29, 1.82) is 0 Å². The molecule has 19 heavy (non-hydrogen) atoms. The third kappa shape index (κ3) is 3.54. The van der Waals surface area contributed by atoms with Gasteiger partial charge in [0.25, 0.3) is 0 Å². The molecule has 0 aliphatic rings. The molecule has 1 aromatic heterocycles. The molecule has 2 N–H and O–H groups in total. The van der Waals surface area contributed by atoms with Gasteiger partial charge in [0.15, 0.2) is 0 Å². The van der Waals surface area contributed by atoms with Crippen LogP contribution in [-0.2, 0) is 6.18 Å². The van der Waals surface area contributed by atoms with E-state index in [0.717, 1.165) is 17.2 Å². The second kappa shape index (κ2) is 5.30. The number of benzene rings is 1. The van der Waals surface area contributed by atoms with Crippen molar-refractivity contribution in [3.63, 3.8) is 0 Å². The van der Waals surface area contributed by atoms with E-state index in [1.54, 1.807) is 24.3 Å². The van der Waals surface area contributed by atoms with Gasteiger partial charge in [0.1, 0.15) is 5.03 Å². The maximum atomic E-state index is 12.5. The monoisotopic (exact) mass is 304 g/mol. The molecule has 7 heteroatoms. The van der Waals surface area contributed by atoms with E-state index in [4.69, 9.17) is 17.3 Å². The fourth-order valence-electron chi connectivity index (χ4n) is 1.30. The molecule has 0 amide bonds. The van der Waals surface area contributed by atoms with Gasteiger partial charge in [0, 0.05) is 16.8 Å². The SMILES string of the molecule is Nc1ccc(Sc2ncc(C(F)(F)F)cc2Cl)cc1. The fourth-order valence-corrected chi connectivity index (χ4v) is 2.34. The number of nitrogens with two attached hydrogens (primary N) is 1. The molecule has 0 aliphatic carbocycles. The number of rotatable bonds is 2. The lowest BCUT2D eigenvalue weighted by molar-refractivity contribution is -0.137. The molecular formula is C12H8ClF3N2S. The summed E-state index contributed by atoms with van der Waals surface area (Å²) in [4.78, 5) is 4.54. The Morgan fingerprint density at radius 3 is 2.32 bits per heavy atom. The molecule has 2 rings (SSSR count). The molecule has 0 atom stereocenters. The van der Waals surface area contributed by atoms with Gasteiger partial charge in [-0.15, -0.1) is 0 Å². The molecular weight excluding hydrogens is 297 g/mol. The van der Waals surface area contributed by atoms with E-state index in [2.05, 4.69) is 4.98 Å². The molecule has 0 bridgehead atoms. The Balaban J connectivity index is 2.24. The van der Waals surface area contributed by atoms with Crippen LogP contribution in [0.4, 0.5) is 18.9 Å². The lowest BCUT2D eigenvalue weighted by atomic mass is 10.3. The quantitative estimate of drug-likeness (QED) is 0.831. The summed E-state index contributed by atoms with van der Waals surface area (Å²) in [7, 11) is 0. The molecule has 100 valence electrons. The number of alkyl halides is 3. The van der Waals surface area contributed by atoms with Crippen LogP contribution in [0.15, 0.2) is 46.5 Å². The highest BCUT2D eigenvalue weighted by Crippen LogP contribution is 2.36. The Labute approximate surface area is 116 Å². The van der Waals surface area contributed by atoms with Gasteiger partial charge in [-0.1, -0.05) is 23.4 Å². The Hall–Kier alpha value is -1.40. The van der Waals surface area contributed by atoms with E-state index < -0.39 is 11.7 Å². The Bertz CT molecular complexity index is 585. The topological polar surface area (TPSA) is 38.9 Å². The number of nitrogens with zero attached hydrogens (tertiary/aromatic N) is 1. The minimum Gasteiger partial charge on any atom is -0.399 e. The van der Waals surface area contributed by atoms with Gasteiger partial charge in [-0.3, -0.25) is 0 Å². The highest BCUT2D eigenvalue weighted by Gasteiger charge is 2.31. The lowest BCUT2D eigenvalue weighted by Crippen LogP contribution is -2.05. The van der Waals surface area contributed by atoms with Crippen molar-refractivity contribution in [2.75, 3.05) is 5.73 Å². The number of anilines is 1. The summed E-state index contributed by atoms with van der Waals surface area (Å²) in [5.74, 6) is 0. The molecule has 0 aliphatic heterocycles. The molecule has 0 unspecified atom stereocenters. The predicted octanol–water partition coefficient (Wildman–Crippen LogP) is 4.49. The van der Waals surface area contributed by atoms with E-state index in [1.165, 1.54) is 11.8 Å². The summed E-state index contributed by atoms with van der Waals surface area (Å²) in [6.07, 6.45) is -3.67. The highest BCUT2D eigenvalue weighted by molar-refractivity contribution is 7.99. The zero-order chi connectivity index (χ0) is 14.0. The summed E-state index contributed by atoms with van der Waals surface area (Å²) >= 11 is 6.98. The lowest BCUT2D eigenvalue weighted by Gasteiger charge is -2.08. The maximum absolute atomic E-state index is 12.5. The summed E-state index contributed by atoms with van der Waals surface area (Å²) in [5.41, 5.74) is 5.29. The average molecular weight is 305 g/mol. The van der Waals surface area contributed by atoms with Crippen LogP contribution < -0.4 is 5.73 Å². The first-order chi connectivity index (χ1) is 8.86. The summed E-state index contributed by atoms with van der Waals surface area (Å²) in [6, 6.07) is 7.75. The first-order valence-electron chi connectivity index (χ1n) is 5.12. The largest absolute Gasteiger partial charge is 0.417 e. The Morgan fingerprint density at radius 1 is 1.16 bits per heavy atom. The van der Waals surface area contributed by atoms with E-state index in [-0.39, 0.29) is 5.02 Å². The number of aromatic nitrogens is 1. The second-order valence-electron chi connectivity index (χ2n) is 3.68. The van der Waals surface area contributed by atoms with E-state index in [9.17, 15) is 13.2 Å². The van der Waals surface area contributed by atoms with E-state index >= 15 is 0 Å². The number of hydrogen-bond acceptors (Lipinski definition) is 3. The van der Waals surface area contributed by atoms with Crippen molar-refractivity contribution in [1.82, 2.24) is 4.98 Å². The molecule has 2 nitrogen and oxygen atoms in total. The number of hydrogen-bond donors (Lipinski definition) is 1. The summed E-state index contributed by atoms with van der Waals surface area (Å²) in [6.45, 7) is 0. The van der Waals surface area contributed by atoms with Crippen LogP contribution in [0.5, 0.6) is 0 Å². The van der Waals surface area contributed by atoms with Crippen LogP contribution in [0.3, 0.4) is 0 Å². The summed E-state index contributed by atoms with van der Waals surface area (Å²) in [5, 5.41) is 0.288. The van der Waals surface area contributed by atoms with Crippen LogP contribution in [-0.4, -0.2) is 4.98 Å². The zero-order valence-corrected chi connectivity index (χ0v) is 11.0. The highest BCUT2D eigenvalue weighted by atomic mass is 35.5. The van der Waals surface area contributed by atoms with Crippen molar-refractivity contribution in [3.05, 3.63) is 47.1 Å². The minimum atomic E-state index is -4.44. The van der Waals surface area contributed by atoms with Crippen LogP contribution in [0, 0.1) is 0 Å². The first kappa shape index (κ1) is 14.0. The maximum Gasteiger partial charge on any atom is 0.417 e. The molecule has 0 saturated heterocycles. The number of halogens is 4. The van der Waals surface area contributed by atoms with E-state index in [1.807, 2.05) is 0 Å². The van der Waals surface area contributed by atoms with E-state index in [0.29, 0.717) is 10.7 Å². The van der Waals surface area contributed by atoms with Gasteiger partial charge in [-0.25, -0.2) is 4.98 Å². The molecule has 0 fully saturated rings. The van der Waals surface area contributed by atoms with Gasteiger partial charge in [0.05, 0.1) is 10.6 Å². The molecule has 1 aromatic carbocycles. The van der Waals surface area contributed by atoms with Crippen molar-refractivity contribution in [2.45, 2.75) is 16.1 Å². The van der Waals surface area contributed by atoms with Gasteiger partial charge in [0.2, 0.25) is 0 Å². The Kier molecular flexibility index (Phi) is 3.91. The first-order valence-corrected chi connectivity index (χ1v) is 6.32.